The highest BCUT2D eigenvalue weighted by atomic mass is 35.5. The second-order valence-electron chi connectivity index (χ2n) is 4.28. The number of nitrogens with zero attached hydrogens (tertiary/aromatic N) is 2. The van der Waals surface area contributed by atoms with Crippen LogP contribution in [-0.4, -0.2) is 36.4 Å². The molecule has 2 rings (SSSR count). The van der Waals surface area contributed by atoms with E-state index in [0.717, 1.165) is 0 Å². The topological polar surface area (TPSA) is 41.9 Å². The van der Waals surface area contributed by atoms with Gasteiger partial charge in [-0.3, -0.25) is 4.99 Å². The van der Waals surface area contributed by atoms with Crippen LogP contribution in [0.3, 0.4) is 0 Å². The van der Waals surface area contributed by atoms with Crippen LogP contribution >= 0.6 is 12.4 Å². The quantitative estimate of drug-likeness (QED) is 0.797. The van der Waals surface area contributed by atoms with Gasteiger partial charge in [0.1, 0.15) is 6.04 Å². The third-order valence-electron chi connectivity index (χ3n) is 3.14. The number of benzene rings is 1. The molecule has 1 aliphatic heterocycles. The number of hydrogen-bond donors (Lipinski definition) is 0. The van der Waals surface area contributed by atoms with Crippen molar-refractivity contribution in [1.82, 2.24) is 4.90 Å². The molecule has 1 aromatic rings. The van der Waals surface area contributed by atoms with Gasteiger partial charge in [-0.25, -0.2) is 4.79 Å². The fraction of sp³-hybridized carbons (Fsp3) is 0.429. The van der Waals surface area contributed by atoms with Crippen LogP contribution in [-0.2, 0) is 9.53 Å². The fourth-order valence-electron chi connectivity index (χ4n) is 2.12. The summed E-state index contributed by atoms with van der Waals surface area (Å²) in [5.41, 5.74) is 1.17. The first-order chi connectivity index (χ1) is 8.74. The molecule has 0 spiro atoms. The number of rotatable bonds is 4. The molecule has 1 aromatic carbocycles. The summed E-state index contributed by atoms with van der Waals surface area (Å²) < 4.78 is 5.08. The summed E-state index contributed by atoms with van der Waals surface area (Å²) in [6.45, 7) is 4.77. The maximum atomic E-state index is 11.8. The van der Waals surface area contributed by atoms with Gasteiger partial charge >= 0.3 is 5.97 Å². The largest absolute Gasteiger partial charge is 0.464 e. The number of esters is 1. The number of carbonyl (C=O) groups excluding carboxylic acids is 1. The number of hydrogen-bond acceptors (Lipinski definition) is 4. The van der Waals surface area contributed by atoms with E-state index >= 15 is 0 Å². The number of halogens is 1. The van der Waals surface area contributed by atoms with Crippen LogP contribution in [0.5, 0.6) is 0 Å². The van der Waals surface area contributed by atoms with Gasteiger partial charge in [-0.15, -0.1) is 12.4 Å². The first-order valence-corrected chi connectivity index (χ1v) is 6.23. The van der Waals surface area contributed by atoms with E-state index in [1.54, 1.807) is 6.34 Å². The minimum atomic E-state index is -0.292. The summed E-state index contributed by atoms with van der Waals surface area (Å²) in [7, 11) is 0. The summed E-state index contributed by atoms with van der Waals surface area (Å²) in [5, 5.41) is 0. The first kappa shape index (κ1) is 15.5. The van der Waals surface area contributed by atoms with Gasteiger partial charge in [-0.05, 0) is 19.4 Å². The highest BCUT2D eigenvalue weighted by molar-refractivity contribution is 5.85. The molecule has 1 heterocycles. The maximum Gasteiger partial charge on any atom is 0.330 e. The minimum absolute atomic E-state index is 0. The van der Waals surface area contributed by atoms with Gasteiger partial charge in [0, 0.05) is 0 Å². The minimum Gasteiger partial charge on any atom is -0.464 e. The Hall–Kier alpha value is -1.55. The van der Waals surface area contributed by atoms with Crippen molar-refractivity contribution < 1.29 is 9.53 Å². The molecule has 0 aromatic heterocycles. The second-order valence-corrected chi connectivity index (χ2v) is 4.28. The van der Waals surface area contributed by atoms with E-state index in [-0.39, 0.29) is 30.5 Å². The van der Waals surface area contributed by atoms with Crippen molar-refractivity contribution in [2.24, 2.45) is 4.99 Å². The van der Waals surface area contributed by atoms with Crippen LogP contribution in [0.2, 0.25) is 0 Å². The van der Waals surface area contributed by atoms with Crippen LogP contribution in [0, 0.1) is 0 Å². The van der Waals surface area contributed by atoms with Crippen molar-refractivity contribution in [3.05, 3.63) is 35.9 Å². The molecule has 2 unspecified atom stereocenters. The zero-order valence-corrected chi connectivity index (χ0v) is 12.0. The van der Waals surface area contributed by atoms with E-state index < -0.39 is 0 Å². The summed E-state index contributed by atoms with van der Waals surface area (Å²) in [4.78, 5) is 18.0. The molecular formula is C14H19ClN2O2. The molecule has 104 valence electrons. The molecule has 1 aliphatic rings. The molecule has 5 heteroatoms. The van der Waals surface area contributed by atoms with Gasteiger partial charge in [0.15, 0.2) is 0 Å². The monoisotopic (exact) mass is 282 g/mol. The lowest BCUT2D eigenvalue weighted by atomic mass is 10.1. The highest BCUT2D eigenvalue weighted by Crippen LogP contribution is 2.24. The molecule has 0 radical (unpaired) electrons. The smallest absolute Gasteiger partial charge is 0.330 e. The molecule has 0 fully saturated rings. The van der Waals surface area contributed by atoms with Gasteiger partial charge in [-0.1, -0.05) is 30.3 Å². The Balaban J connectivity index is 0.00000180. The van der Waals surface area contributed by atoms with E-state index in [2.05, 4.69) is 24.0 Å². The Bertz CT molecular complexity index is 436. The van der Waals surface area contributed by atoms with Gasteiger partial charge in [0.25, 0.3) is 0 Å². The molecule has 0 bridgehead atoms. The number of ether oxygens (including phenoxy) is 1. The van der Waals surface area contributed by atoms with Crippen molar-refractivity contribution in [1.29, 1.82) is 0 Å². The second kappa shape index (κ2) is 7.14. The molecular weight excluding hydrogens is 264 g/mol. The zero-order valence-electron chi connectivity index (χ0n) is 11.2. The summed E-state index contributed by atoms with van der Waals surface area (Å²) >= 11 is 0. The average molecular weight is 283 g/mol. The Morgan fingerprint density at radius 3 is 2.79 bits per heavy atom. The Labute approximate surface area is 119 Å². The first-order valence-electron chi connectivity index (χ1n) is 6.23. The van der Waals surface area contributed by atoms with Crippen LogP contribution < -0.4 is 0 Å². The number of aliphatic imine (C=N–C) groups is 1. The van der Waals surface area contributed by atoms with Crippen molar-refractivity contribution >= 4 is 24.7 Å². The van der Waals surface area contributed by atoms with E-state index in [9.17, 15) is 4.79 Å². The number of carbonyl (C=O) groups is 1. The molecule has 0 saturated heterocycles. The predicted octanol–water partition coefficient (Wildman–Crippen LogP) is 2.45. The van der Waals surface area contributed by atoms with E-state index in [1.807, 2.05) is 30.0 Å². The van der Waals surface area contributed by atoms with Gasteiger partial charge in [-0.2, -0.15) is 0 Å². The standard InChI is InChI=1S/C14H18N2O2.ClH/c1-3-18-14(17)13-9-15-10-16(13)11(2)12-7-5-4-6-8-12;/h4-8,10-11,13H,3,9H2,1-2H3;1H. The molecule has 0 saturated carbocycles. The van der Waals surface area contributed by atoms with E-state index in [1.165, 1.54) is 5.56 Å². The SMILES string of the molecule is CCOC(=O)C1CN=CN1C(C)c1ccccc1.Cl. The molecule has 0 amide bonds. The van der Waals surface area contributed by atoms with Crippen LogP contribution in [0.25, 0.3) is 0 Å². The third kappa shape index (κ3) is 3.47. The summed E-state index contributed by atoms with van der Waals surface area (Å²) in [6.07, 6.45) is 1.75. The summed E-state index contributed by atoms with van der Waals surface area (Å²) in [5.74, 6) is -0.196. The molecule has 2 atom stereocenters. The van der Waals surface area contributed by atoms with Crippen molar-refractivity contribution in [2.75, 3.05) is 13.2 Å². The maximum absolute atomic E-state index is 11.8. The lowest BCUT2D eigenvalue weighted by Gasteiger charge is -2.29. The molecule has 0 aliphatic carbocycles. The lowest BCUT2D eigenvalue weighted by Crippen LogP contribution is -2.41. The lowest BCUT2D eigenvalue weighted by molar-refractivity contribution is -0.147. The van der Waals surface area contributed by atoms with Crippen LogP contribution in [0.15, 0.2) is 35.3 Å². The van der Waals surface area contributed by atoms with Gasteiger partial charge in [0.2, 0.25) is 0 Å². The Kier molecular flexibility index (Phi) is 5.83. The van der Waals surface area contributed by atoms with Crippen LogP contribution in [0.1, 0.15) is 25.5 Å². The third-order valence-corrected chi connectivity index (χ3v) is 3.14. The molecule has 0 N–H and O–H groups in total. The Morgan fingerprint density at radius 1 is 1.47 bits per heavy atom. The van der Waals surface area contributed by atoms with Gasteiger partial charge in [0.05, 0.1) is 25.5 Å². The summed E-state index contributed by atoms with van der Waals surface area (Å²) in [6, 6.07) is 9.92. The zero-order chi connectivity index (χ0) is 13.0. The molecule has 4 nitrogen and oxygen atoms in total. The van der Waals surface area contributed by atoms with Crippen LogP contribution in [0.4, 0.5) is 0 Å². The van der Waals surface area contributed by atoms with Crippen molar-refractivity contribution in [3.63, 3.8) is 0 Å². The fourth-order valence-corrected chi connectivity index (χ4v) is 2.12. The average Bonchev–Trinajstić information content (AvgIpc) is 2.88. The molecule has 19 heavy (non-hydrogen) atoms. The normalized spacial score (nSPS) is 18.8. The highest BCUT2D eigenvalue weighted by Gasteiger charge is 2.32. The van der Waals surface area contributed by atoms with Gasteiger partial charge < -0.3 is 9.64 Å². The van der Waals surface area contributed by atoms with Crippen molar-refractivity contribution in [2.45, 2.75) is 25.9 Å². The van der Waals surface area contributed by atoms with E-state index in [4.69, 9.17) is 4.74 Å². The Morgan fingerprint density at radius 2 is 2.16 bits per heavy atom. The van der Waals surface area contributed by atoms with Crippen molar-refractivity contribution in [3.8, 4) is 0 Å². The van der Waals surface area contributed by atoms with E-state index in [0.29, 0.717) is 13.2 Å². The predicted molar refractivity (Wildman–Crippen MR) is 77.7 cm³/mol.